The molecule has 3 nitrogen and oxygen atoms in total. The van der Waals surface area contributed by atoms with Crippen molar-refractivity contribution in [2.45, 2.75) is 6.54 Å². The number of hydrogen-bond donors (Lipinski definition) is 1. The maximum atomic E-state index is 11.0. The summed E-state index contributed by atoms with van der Waals surface area (Å²) in [5.74, 6) is -0.165. The monoisotopic (exact) mass is 201 g/mol. The molecule has 0 saturated carbocycles. The minimum absolute atomic E-state index is 0.165. The second kappa shape index (κ2) is 4.00. The van der Waals surface area contributed by atoms with Gasteiger partial charge in [-0.1, -0.05) is 12.6 Å². The average Bonchev–Trinajstić information content (AvgIpc) is 2.72. The van der Waals surface area contributed by atoms with Crippen LogP contribution in [0.2, 0.25) is 0 Å². The summed E-state index contributed by atoms with van der Waals surface area (Å²) in [5, 5.41) is 3.76. The van der Waals surface area contributed by atoms with Crippen LogP contribution in [-0.2, 0) is 11.3 Å². The molecule has 0 unspecified atom stereocenters. The smallest absolute Gasteiger partial charge is 0.243 e. The lowest BCUT2D eigenvalue weighted by Gasteiger charge is -2.01. The summed E-state index contributed by atoms with van der Waals surface area (Å²) in [6, 6.07) is 7.70. The molecule has 0 bridgehead atoms. The summed E-state index contributed by atoms with van der Waals surface area (Å²) in [7, 11) is 0. The van der Waals surface area contributed by atoms with Crippen molar-refractivity contribution in [3.05, 3.63) is 48.7 Å². The summed E-state index contributed by atoms with van der Waals surface area (Å²) in [6.07, 6.45) is 2.91. The lowest BCUT2D eigenvalue weighted by molar-refractivity contribution is -0.116. The molecule has 0 atom stereocenters. The molecule has 0 radical (unpaired) electrons. The van der Waals surface area contributed by atoms with Crippen LogP contribution in [-0.4, -0.2) is 5.91 Å². The molecular formula is C12H11NO2. The predicted octanol–water partition coefficient (Wildman–Crippen LogP) is 2.24. The van der Waals surface area contributed by atoms with E-state index in [1.165, 1.54) is 6.08 Å². The summed E-state index contributed by atoms with van der Waals surface area (Å²) in [5.41, 5.74) is 1.90. The number of amides is 1. The van der Waals surface area contributed by atoms with Crippen molar-refractivity contribution in [3.8, 4) is 0 Å². The number of nitrogens with one attached hydrogen (secondary N) is 1. The molecule has 1 amide bonds. The van der Waals surface area contributed by atoms with Crippen molar-refractivity contribution in [3.63, 3.8) is 0 Å². The zero-order valence-electron chi connectivity index (χ0n) is 8.19. The second-order valence-electron chi connectivity index (χ2n) is 3.21. The van der Waals surface area contributed by atoms with Crippen LogP contribution in [0.4, 0.5) is 0 Å². The Kier molecular flexibility index (Phi) is 2.54. The van der Waals surface area contributed by atoms with Gasteiger partial charge < -0.3 is 9.73 Å². The highest BCUT2D eigenvalue weighted by atomic mass is 16.3. The van der Waals surface area contributed by atoms with Gasteiger partial charge in [-0.3, -0.25) is 4.79 Å². The largest absolute Gasteiger partial charge is 0.464 e. The summed E-state index contributed by atoms with van der Waals surface area (Å²) >= 11 is 0. The SMILES string of the molecule is C=CC(=O)NCc1ccc2occc2c1. The minimum Gasteiger partial charge on any atom is -0.464 e. The molecule has 2 aromatic rings. The summed E-state index contributed by atoms with van der Waals surface area (Å²) in [4.78, 5) is 11.0. The molecule has 1 N–H and O–H groups in total. The fourth-order valence-electron chi connectivity index (χ4n) is 1.39. The van der Waals surface area contributed by atoms with E-state index in [2.05, 4.69) is 11.9 Å². The lowest BCUT2D eigenvalue weighted by Crippen LogP contribution is -2.19. The number of carbonyl (C=O) groups excluding carboxylic acids is 1. The van der Waals surface area contributed by atoms with Gasteiger partial charge in [0.05, 0.1) is 6.26 Å². The molecule has 1 aromatic heterocycles. The zero-order chi connectivity index (χ0) is 10.7. The Morgan fingerprint density at radius 2 is 2.33 bits per heavy atom. The quantitative estimate of drug-likeness (QED) is 0.774. The van der Waals surface area contributed by atoms with Gasteiger partial charge in [-0.25, -0.2) is 0 Å². The molecule has 15 heavy (non-hydrogen) atoms. The molecule has 0 fully saturated rings. The molecule has 3 heteroatoms. The van der Waals surface area contributed by atoms with E-state index in [1.54, 1.807) is 6.26 Å². The van der Waals surface area contributed by atoms with Gasteiger partial charge in [0.2, 0.25) is 5.91 Å². The molecule has 0 aliphatic carbocycles. The lowest BCUT2D eigenvalue weighted by atomic mass is 10.1. The van der Waals surface area contributed by atoms with Crippen LogP contribution in [0.15, 0.2) is 47.6 Å². The number of furan rings is 1. The van der Waals surface area contributed by atoms with E-state index in [1.807, 2.05) is 24.3 Å². The first-order valence-corrected chi connectivity index (χ1v) is 4.66. The van der Waals surface area contributed by atoms with Crippen molar-refractivity contribution in [2.24, 2.45) is 0 Å². The van der Waals surface area contributed by atoms with Crippen LogP contribution in [0.25, 0.3) is 11.0 Å². The van der Waals surface area contributed by atoms with Gasteiger partial charge in [0.1, 0.15) is 5.58 Å². The maximum Gasteiger partial charge on any atom is 0.243 e. The zero-order valence-corrected chi connectivity index (χ0v) is 8.19. The fraction of sp³-hybridized carbons (Fsp3) is 0.0833. The third-order valence-electron chi connectivity index (χ3n) is 2.17. The maximum absolute atomic E-state index is 11.0. The number of rotatable bonds is 3. The normalized spacial score (nSPS) is 10.1. The van der Waals surface area contributed by atoms with E-state index >= 15 is 0 Å². The molecule has 1 heterocycles. The molecule has 1 aromatic carbocycles. The third kappa shape index (κ3) is 2.07. The Hall–Kier alpha value is -2.03. The highest BCUT2D eigenvalue weighted by molar-refractivity contribution is 5.86. The van der Waals surface area contributed by atoms with Crippen molar-refractivity contribution in [1.29, 1.82) is 0 Å². The summed E-state index contributed by atoms with van der Waals surface area (Å²) in [6.45, 7) is 3.89. The summed E-state index contributed by atoms with van der Waals surface area (Å²) < 4.78 is 5.22. The van der Waals surface area contributed by atoms with Gasteiger partial charge in [0.15, 0.2) is 0 Å². The van der Waals surface area contributed by atoms with E-state index in [4.69, 9.17) is 4.42 Å². The Balaban J connectivity index is 2.14. The van der Waals surface area contributed by atoms with E-state index in [9.17, 15) is 4.79 Å². The number of carbonyl (C=O) groups is 1. The Bertz CT molecular complexity index is 499. The van der Waals surface area contributed by atoms with Crippen LogP contribution in [0.3, 0.4) is 0 Å². The number of benzene rings is 1. The van der Waals surface area contributed by atoms with Gasteiger partial charge in [-0.15, -0.1) is 0 Å². The van der Waals surface area contributed by atoms with E-state index in [0.717, 1.165) is 16.5 Å². The molecule has 0 saturated heterocycles. The first-order chi connectivity index (χ1) is 7.29. The van der Waals surface area contributed by atoms with Crippen molar-refractivity contribution >= 4 is 16.9 Å². The van der Waals surface area contributed by atoms with Crippen molar-refractivity contribution < 1.29 is 9.21 Å². The Labute approximate surface area is 87.4 Å². The Morgan fingerprint density at radius 1 is 1.47 bits per heavy atom. The van der Waals surface area contributed by atoms with Crippen molar-refractivity contribution in [2.75, 3.05) is 0 Å². The van der Waals surface area contributed by atoms with Crippen LogP contribution in [0, 0.1) is 0 Å². The number of fused-ring (bicyclic) bond motifs is 1. The molecular weight excluding hydrogens is 190 g/mol. The molecule has 2 rings (SSSR count). The van der Waals surface area contributed by atoms with Gasteiger partial charge >= 0.3 is 0 Å². The Morgan fingerprint density at radius 3 is 3.13 bits per heavy atom. The van der Waals surface area contributed by atoms with Gasteiger partial charge in [-0.05, 0) is 29.8 Å². The predicted molar refractivity (Wildman–Crippen MR) is 58.3 cm³/mol. The van der Waals surface area contributed by atoms with Crippen LogP contribution < -0.4 is 5.32 Å². The van der Waals surface area contributed by atoms with Crippen molar-refractivity contribution in [1.82, 2.24) is 5.32 Å². The average molecular weight is 201 g/mol. The van der Waals surface area contributed by atoms with Crippen LogP contribution in [0.5, 0.6) is 0 Å². The first-order valence-electron chi connectivity index (χ1n) is 4.66. The molecule has 0 aliphatic rings. The van der Waals surface area contributed by atoms with Crippen LogP contribution >= 0.6 is 0 Å². The topological polar surface area (TPSA) is 42.2 Å². The van der Waals surface area contributed by atoms with E-state index < -0.39 is 0 Å². The number of hydrogen-bond acceptors (Lipinski definition) is 2. The molecule has 0 spiro atoms. The highest BCUT2D eigenvalue weighted by Gasteiger charge is 1.99. The van der Waals surface area contributed by atoms with E-state index in [0.29, 0.717) is 6.54 Å². The minimum atomic E-state index is -0.165. The van der Waals surface area contributed by atoms with Gasteiger partial charge in [-0.2, -0.15) is 0 Å². The fourth-order valence-corrected chi connectivity index (χ4v) is 1.39. The van der Waals surface area contributed by atoms with E-state index in [-0.39, 0.29) is 5.91 Å². The highest BCUT2D eigenvalue weighted by Crippen LogP contribution is 2.16. The molecule has 0 aliphatic heterocycles. The standard InChI is InChI=1S/C12H11NO2/c1-2-12(14)13-8-9-3-4-11-10(7-9)5-6-15-11/h2-7H,1,8H2,(H,13,14). The van der Waals surface area contributed by atoms with Gasteiger partial charge in [0, 0.05) is 11.9 Å². The first kappa shape index (κ1) is 9.52. The van der Waals surface area contributed by atoms with Gasteiger partial charge in [0.25, 0.3) is 0 Å². The molecule has 76 valence electrons. The second-order valence-corrected chi connectivity index (χ2v) is 3.21. The third-order valence-corrected chi connectivity index (χ3v) is 2.17. The van der Waals surface area contributed by atoms with Crippen LogP contribution in [0.1, 0.15) is 5.56 Å².